The van der Waals surface area contributed by atoms with Crippen LogP contribution in [0.15, 0.2) is 192 Å². The molecule has 9 aromatic carbocycles. The number of ether oxygens (including phenoxy) is 5. The van der Waals surface area contributed by atoms with Crippen LogP contribution in [-0.4, -0.2) is 248 Å². The van der Waals surface area contributed by atoms with Gasteiger partial charge in [-0.15, -0.1) is 0 Å². The van der Waals surface area contributed by atoms with Gasteiger partial charge in [-0.1, -0.05) is 67.5 Å². The summed E-state index contributed by atoms with van der Waals surface area (Å²) in [7, 11) is 12.3. The highest BCUT2D eigenvalue weighted by molar-refractivity contribution is 6.08. The van der Waals surface area contributed by atoms with Crippen molar-refractivity contribution in [2.75, 3.05) is 96.0 Å². The number of aliphatic hydroxyl groups excluding tert-OH is 3. The van der Waals surface area contributed by atoms with Crippen molar-refractivity contribution in [3.05, 3.63) is 300 Å². The Kier molecular flexibility index (Phi) is 45.4. The van der Waals surface area contributed by atoms with Gasteiger partial charge in [0.05, 0.1) is 82.3 Å². The van der Waals surface area contributed by atoms with E-state index in [4.69, 9.17) is 33.4 Å². The van der Waals surface area contributed by atoms with Crippen LogP contribution in [0, 0.1) is 34.9 Å². The van der Waals surface area contributed by atoms with Crippen LogP contribution in [0.3, 0.4) is 0 Å². The molecule has 30 nitrogen and oxygen atoms in total. The van der Waals surface area contributed by atoms with Crippen LogP contribution >= 0.6 is 0 Å². The van der Waals surface area contributed by atoms with Crippen LogP contribution in [0.1, 0.15) is 219 Å². The number of nitrogens with one attached hydrogen (secondary N) is 4. The zero-order valence-corrected chi connectivity index (χ0v) is 85.2. The van der Waals surface area contributed by atoms with Gasteiger partial charge in [-0.25, -0.2) is 35.9 Å². The first-order valence-corrected chi connectivity index (χ1v) is 46.8. The molecule has 7 N–H and O–H groups in total. The number of carbonyl (C=O) groups is 9. The topological polar surface area (TPSA) is 368 Å². The molecule has 0 aliphatic carbocycles. The number of halogens is 6. The van der Waals surface area contributed by atoms with Crippen LogP contribution in [0.25, 0.3) is 0 Å². The van der Waals surface area contributed by atoms with Gasteiger partial charge in [0.25, 0.3) is 35.4 Å². The molecule has 0 fully saturated rings. The van der Waals surface area contributed by atoms with Crippen molar-refractivity contribution in [2.24, 2.45) is 10.3 Å². The zero-order chi connectivity index (χ0) is 107. The SMILES string of the molecule is CCCN(C)C(=O)c1cc(C(=O)N[C@@H](Cc2cc(F)cc(F)c2)[C@H](O)CN(Cc2cccc(OC)c2)C(=O)OC(C)(C)C)cc(/C(C)=N/OC)c1.CCCN(C)C(=O)c1cc(C(=O)N[C@@H](Cc2cc(F)cc(F)c2)[C@H](O)CNCc2cccc(OC)c2)cc(/C(C)=N/OC)c1.CCCN(C)C(=O)c1cc(C(C)=O)cc(C(=O)N[C@@H](Cc2cc(F)cc(F)c2)[C@H](O)CN(Cc2cccc(OC)c2)C(=O)OC(C)(C)C)c1. The molecular weight excluding hydrogens is 1870 g/mol. The second-order valence-electron chi connectivity index (χ2n) is 36.6. The maximum absolute atomic E-state index is 14.3. The number of oxime groups is 2. The lowest BCUT2D eigenvalue weighted by Gasteiger charge is -2.32. The zero-order valence-electron chi connectivity index (χ0n) is 85.2. The minimum atomic E-state index is -1.49. The van der Waals surface area contributed by atoms with Gasteiger partial charge in [0.15, 0.2) is 5.78 Å². The molecular formula is C108H133F6N11O19. The summed E-state index contributed by atoms with van der Waals surface area (Å²) in [6.07, 6.45) is -3.90. The van der Waals surface area contributed by atoms with E-state index in [2.05, 4.69) is 31.6 Å². The first-order chi connectivity index (χ1) is 68.0. The Morgan fingerprint density at radius 2 is 0.639 bits per heavy atom. The van der Waals surface area contributed by atoms with Crippen LogP contribution < -0.4 is 35.5 Å². The van der Waals surface area contributed by atoms with Crippen molar-refractivity contribution < 1.29 is 118 Å². The largest absolute Gasteiger partial charge is 0.497 e. The molecule has 9 rings (SSSR count). The Morgan fingerprint density at radius 1 is 0.361 bits per heavy atom. The second-order valence-corrected chi connectivity index (χ2v) is 36.6. The van der Waals surface area contributed by atoms with E-state index in [-0.39, 0.29) is 125 Å². The maximum atomic E-state index is 14.3. The van der Waals surface area contributed by atoms with Gasteiger partial charge >= 0.3 is 12.2 Å². The molecule has 8 amide bonds. The van der Waals surface area contributed by atoms with Crippen molar-refractivity contribution in [1.29, 1.82) is 0 Å². The van der Waals surface area contributed by atoms with Crippen molar-refractivity contribution in [1.82, 2.24) is 45.8 Å². The number of aliphatic hydroxyl groups is 3. The van der Waals surface area contributed by atoms with Crippen LogP contribution in [0.5, 0.6) is 17.2 Å². The summed E-state index contributed by atoms with van der Waals surface area (Å²) in [4.78, 5) is 137. The number of benzene rings is 9. The van der Waals surface area contributed by atoms with Gasteiger partial charge in [-0.05, 0) is 262 Å². The molecule has 776 valence electrons. The van der Waals surface area contributed by atoms with E-state index >= 15 is 0 Å². The van der Waals surface area contributed by atoms with Gasteiger partial charge in [0.1, 0.15) is 77.6 Å². The Balaban J connectivity index is 0.000000294. The lowest BCUT2D eigenvalue weighted by molar-refractivity contribution is 0.00768. The fourth-order valence-corrected chi connectivity index (χ4v) is 15.2. The van der Waals surface area contributed by atoms with E-state index in [1.165, 1.54) is 91.4 Å². The molecule has 0 bridgehead atoms. The highest BCUT2D eigenvalue weighted by Gasteiger charge is 2.35. The monoisotopic (exact) mass is 2000 g/mol. The number of amides is 8. The number of methoxy groups -OCH3 is 3. The molecule has 0 aromatic heterocycles. The Hall–Kier alpha value is -14.2. The number of rotatable bonds is 44. The van der Waals surface area contributed by atoms with Gasteiger partial charge in [-0.3, -0.25) is 33.6 Å². The first-order valence-electron chi connectivity index (χ1n) is 46.8. The molecule has 0 saturated heterocycles. The minimum Gasteiger partial charge on any atom is -0.497 e. The molecule has 0 saturated carbocycles. The average molecular weight is 2000 g/mol. The number of hydrogen-bond acceptors (Lipinski definition) is 22. The van der Waals surface area contributed by atoms with E-state index in [1.807, 2.05) is 45.0 Å². The fourth-order valence-electron chi connectivity index (χ4n) is 15.2. The van der Waals surface area contributed by atoms with Crippen molar-refractivity contribution >= 4 is 64.8 Å². The number of nitrogens with zero attached hydrogens (tertiary/aromatic N) is 7. The third-order valence-electron chi connectivity index (χ3n) is 22.2. The van der Waals surface area contributed by atoms with E-state index in [0.717, 1.165) is 66.9 Å². The molecule has 0 aliphatic rings. The third-order valence-corrected chi connectivity index (χ3v) is 22.2. The average Bonchev–Trinajstić information content (AvgIpc) is 0.814. The smallest absolute Gasteiger partial charge is 0.410 e. The maximum Gasteiger partial charge on any atom is 0.410 e. The standard InChI is InChI=1S/C38H48F2N4O7.C37H45F2N3O7.C33H40F2N4O5/c1-9-13-43(6)36(47)29-19-27(24(2)42-50-8)18-28(20-29)35(46)41-33(17-26-14-30(39)21-31(40)15-26)34(45)23-44(37(48)51-38(3,4)5)22-25-11-10-12-32(16-25)49-7;1-8-12-41(6)35(46)28-18-26(23(2)43)17-27(19-28)34(45)40-32(16-25-13-29(38)20-30(39)14-25)33(44)22-42(36(47)49-37(3,4)5)21-24-10-9-11-31(15-24)48-7;1-6-10-39(3)33(42)26-16-24(21(2)38-44-5)15-25(17-26)32(41)37-30(14-23-11-27(34)18-28(35)12-23)31(40)20-36-19-22-8-7-9-29(13-22)43-4/h10-12,14-16,18-21,33-34,45H,9,13,17,22-23H2,1-8H3,(H,41,46);9-11,13-15,17-20,32-33,44H,8,12,16,21-22H2,1-7H3,(H,40,45);7-9,11-13,15-18,30-31,36,40H,6,10,14,19-20H2,1-5H3,(H,37,41)/b42-24+;;38-21+/t33-,34+;32-,33+;30-,31+/m000/s1. The van der Waals surface area contributed by atoms with Crippen LogP contribution in [0.4, 0.5) is 35.9 Å². The Bertz CT molecular complexity index is 5900. The number of hydrogen-bond donors (Lipinski definition) is 7. The molecule has 144 heavy (non-hydrogen) atoms. The molecule has 9 aromatic rings. The second kappa shape index (κ2) is 56.0. The molecule has 6 atom stereocenters. The van der Waals surface area contributed by atoms with Gasteiger partial charge in [0.2, 0.25) is 0 Å². The van der Waals surface area contributed by atoms with Crippen LogP contribution in [0.2, 0.25) is 0 Å². The van der Waals surface area contributed by atoms with E-state index in [1.54, 1.807) is 155 Å². The predicted molar refractivity (Wildman–Crippen MR) is 535 cm³/mol. The van der Waals surface area contributed by atoms with Crippen molar-refractivity contribution in [3.8, 4) is 17.2 Å². The summed E-state index contributed by atoms with van der Waals surface area (Å²) in [5.41, 5.74) is 3.76. The summed E-state index contributed by atoms with van der Waals surface area (Å²) in [6.45, 7) is 21.9. The highest BCUT2D eigenvalue weighted by atomic mass is 19.2. The number of Topliss-reactive ketones (excluding diaryl/α,β-unsaturated/α-hetero) is 1. The molecule has 0 heterocycles. The van der Waals surface area contributed by atoms with Crippen LogP contribution in [-0.2, 0) is 58.0 Å². The molecule has 0 spiro atoms. The Morgan fingerprint density at radius 3 is 0.931 bits per heavy atom. The van der Waals surface area contributed by atoms with Crippen molar-refractivity contribution in [3.63, 3.8) is 0 Å². The normalized spacial score (nSPS) is 12.7. The Labute approximate surface area is 837 Å². The summed E-state index contributed by atoms with van der Waals surface area (Å²) < 4.78 is 112. The molecule has 0 unspecified atom stereocenters. The van der Waals surface area contributed by atoms with Gasteiger partial charge < -0.3 is 94.4 Å². The van der Waals surface area contributed by atoms with E-state index < -0.39 is 118 Å². The van der Waals surface area contributed by atoms with Gasteiger partial charge in [-0.2, -0.15) is 0 Å². The fraction of sp³-hybridized carbons (Fsp3) is 0.398. The number of carbonyl (C=O) groups excluding carboxylic acids is 9. The lowest BCUT2D eigenvalue weighted by Crippen LogP contribution is -2.51. The highest BCUT2D eigenvalue weighted by Crippen LogP contribution is 2.27. The summed E-state index contributed by atoms with van der Waals surface area (Å²) in [5, 5.41) is 53.9. The van der Waals surface area contributed by atoms with E-state index in [9.17, 15) is 84.8 Å². The third kappa shape index (κ3) is 37.9. The summed E-state index contributed by atoms with van der Waals surface area (Å²) in [6, 6.07) is 40.2. The van der Waals surface area contributed by atoms with E-state index in [0.29, 0.717) is 89.6 Å². The number of ketones is 1. The molecule has 0 aliphatic heterocycles. The first kappa shape index (κ1) is 117. The van der Waals surface area contributed by atoms with Crippen molar-refractivity contribution in [2.45, 2.75) is 189 Å². The predicted octanol–water partition coefficient (Wildman–Crippen LogP) is 16.1. The summed E-state index contributed by atoms with van der Waals surface area (Å²) >= 11 is 0. The summed E-state index contributed by atoms with van der Waals surface area (Å²) in [5.74, 6) is -6.51. The quantitative estimate of drug-likeness (QED) is 0.00807. The molecule has 0 radical (unpaired) electrons. The van der Waals surface area contributed by atoms with Gasteiger partial charge in [0, 0.05) is 135 Å². The molecule has 36 heteroatoms. The lowest BCUT2D eigenvalue weighted by atomic mass is 9.98. The minimum absolute atomic E-state index is 0.00413.